The van der Waals surface area contributed by atoms with Gasteiger partial charge in [0.15, 0.2) is 0 Å². The minimum atomic E-state index is 0.852. The van der Waals surface area contributed by atoms with Crippen molar-refractivity contribution in [3.05, 3.63) is 36.0 Å². The molecule has 0 atom stereocenters. The van der Waals surface area contributed by atoms with Gasteiger partial charge in [-0.1, -0.05) is 13.2 Å². The van der Waals surface area contributed by atoms with Crippen LogP contribution in [0.3, 0.4) is 0 Å². The predicted octanol–water partition coefficient (Wildman–Crippen LogP) is 0.146. The lowest BCUT2D eigenvalue weighted by Crippen LogP contribution is -2.18. The highest BCUT2D eigenvalue weighted by Gasteiger charge is 1.77. The van der Waals surface area contributed by atoms with Crippen LogP contribution in [0.25, 0.3) is 11.5 Å². The van der Waals surface area contributed by atoms with Gasteiger partial charge in [0.1, 0.15) is 0 Å². The van der Waals surface area contributed by atoms with Crippen molar-refractivity contribution in [2.75, 3.05) is 0 Å². The molecule has 0 aliphatic carbocycles. The molecule has 1 aromatic rings. The van der Waals surface area contributed by atoms with Crippen LogP contribution in [-0.2, 0) is 0 Å². The van der Waals surface area contributed by atoms with E-state index in [1.807, 2.05) is 6.07 Å². The quantitative estimate of drug-likeness (QED) is 0.497. The van der Waals surface area contributed by atoms with E-state index in [4.69, 9.17) is 0 Å². The molecular weight excluding hydrogens is 110 g/mol. The molecule has 1 N–H and O–H groups in total. The summed E-state index contributed by atoms with van der Waals surface area (Å²) in [5.74, 6) is 0. The highest BCUT2D eigenvalue weighted by atomic mass is 14.6. The maximum absolute atomic E-state index is 3.50. The molecule has 44 valence electrons. The summed E-state index contributed by atoms with van der Waals surface area (Å²) in [6, 6.07) is 1.88. The third-order valence-electron chi connectivity index (χ3n) is 1.11. The zero-order chi connectivity index (χ0) is 6.69. The summed E-state index contributed by atoms with van der Waals surface area (Å²) in [5, 5.41) is 1.77. The number of hydrogen-bond acceptors (Lipinski definition) is 0. The highest BCUT2D eigenvalue weighted by Crippen LogP contribution is 1.56. The van der Waals surface area contributed by atoms with Crippen LogP contribution in [-0.4, -0.2) is 4.98 Å². The molecule has 1 heteroatoms. The first kappa shape index (κ1) is 5.71. The van der Waals surface area contributed by atoms with E-state index in [-0.39, 0.29) is 0 Å². The molecular formula is C8H7N. The monoisotopic (exact) mass is 117 g/mol. The summed E-state index contributed by atoms with van der Waals surface area (Å²) in [7, 11) is 0. The van der Waals surface area contributed by atoms with Crippen molar-refractivity contribution in [3.63, 3.8) is 0 Å². The topological polar surface area (TPSA) is 15.8 Å². The Morgan fingerprint density at radius 2 is 2.11 bits per heavy atom. The molecule has 0 aliphatic rings. The van der Waals surface area contributed by atoms with Crippen LogP contribution in [0.4, 0.5) is 0 Å². The molecule has 0 aliphatic heterocycles. The van der Waals surface area contributed by atoms with Gasteiger partial charge in [-0.05, 0) is 6.07 Å². The van der Waals surface area contributed by atoms with E-state index < -0.39 is 0 Å². The van der Waals surface area contributed by atoms with Crippen molar-refractivity contribution in [2.24, 2.45) is 0 Å². The average Bonchev–Trinajstić information content (AvgIpc) is 2.33. The molecule has 0 bridgehead atoms. The van der Waals surface area contributed by atoms with E-state index in [2.05, 4.69) is 29.6 Å². The molecule has 1 heterocycles. The van der Waals surface area contributed by atoms with Crippen LogP contribution in [0.15, 0.2) is 25.4 Å². The fraction of sp³-hybridized carbons (Fsp3) is 0. The molecule has 0 spiro atoms. The Balaban J connectivity index is 3.92. The Hall–Kier alpha value is -1.42. The number of aromatic amines is 1. The van der Waals surface area contributed by atoms with Gasteiger partial charge >= 0.3 is 0 Å². The lowest BCUT2D eigenvalue weighted by Gasteiger charge is -1.64. The second kappa shape index (κ2) is 2.23. The number of hydrogen-bond donors (Lipinski definition) is 1. The molecule has 0 saturated heterocycles. The normalized spacial score (nSPS) is 8.00. The first-order valence-electron chi connectivity index (χ1n) is 2.62. The van der Waals surface area contributed by atoms with Crippen LogP contribution in [0, 0.1) is 0 Å². The van der Waals surface area contributed by atoms with Gasteiger partial charge in [0.25, 0.3) is 0 Å². The first-order valence-corrected chi connectivity index (χ1v) is 2.62. The maximum atomic E-state index is 3.50. The minimum Gasteiger partial charge on any atom is -0.354 e. The number of rotatable bonds is 0. The van der Waals surface area contributed by atoms with Gasteiger partial charge in [0, 0.05) is 11.4 Å². The molecule has 1 rings (SSSR count). The molecule has 0 radical (unpaired) electrons. The Morgan fingerprint density at radius 1 is 1.33 bits per heavy atom. The predicted molar refractivity (Wildman–Crippen MR) is 38.1 cm³/mol. The molecule has 0 amide bonds. The zero-order valence-corrected chi connectivity index (χ0v) is 5.07. The Morgan fingerprint density at radius 3 is 2.56 bits per heavy atom. The summed E-state index contributed by atoms with van der Waals surface area (Å²) >= 11 is 0. The summed E-state index contributed by atoms with van der Waals surface area (Å²) in [4.78, 5) is 2.93. The molecule has 0 fully saturated rings. The third-order valence-corrected chi connectivity index (χ3v) is 1.11. The van der Waals surface area contributed by atoms with Crippen molar-refractivity contribution in [1.29, 1.82) is 0 Å². The Bertz CT molecular complexity index is 312. The van der Waals surface area contributed by atoms with E-state index in [0.29, 0.717) is 0 Å². The zero-order valence-electron chi connectivity index (χ0n) is 5.07. The van der Waals surface area contributed by atoms with Gasteiger partial charge in [-0.25, -0.2) is 0 Å². The number of aromatic nitrogens is 1. The van der Waals surface area contributed by atoms with E-state index in [0.717, 1.165) is 10.6 Å². The highest BCUT2D eigenvalue weighted by molar-refractivity contribution is 5.21. The maximum Gasteiger partial charge on any atom is 0.0960 e. The van der Waals surface area contributed by atoms with Crippen LogP contribution in [0.1, 0.15) is 0 Å². The summed E-state index contributed by atoms with van der Waals surface area (Å²) < 4.78 is 0. The van der Waals surface area contributed by atoms with E-state index in [9.17, 15) is 0 Å². The molecule has 0 saturated carbocycles. The van der Waals surface area contributed by atoms with Crippen molar-refractivity contribution in [2.45, 2.75) is 0 Å². The van der Waals surface area contributed by atoms with E-state index >= 15 is 0 Å². The molecule has 9 heavy (non-hydrogen) atoms. The number of nitrogens with one attached hydrogen (secondary N) is 1. The van der Waals surface area contributed by atoms with Crippen molar-refractivity contribution < 1.29 is 0 Å². The minimum absolute atomic E-state index is 0.852. The molecule has 0 unspecified atom stereocenters. The van der Waals surface area contributed by atoms with Gasteiger partial charge in [-0.15, -0.1) is 11.5 Å². The van der Waals surface area contributed by atoms with Crippen molar-refractivity contribution >= 4 is 11.5 Å². The summed E-state index contributed by atoms with van der Waals surface area (Å²) in [5.41, 5.74) is 5.46. The van der Waals surface area contributed by atoms with Gasteiger partial charge in [0.2, 0.25) is 0 Å². The second-order valence-electron chi connectivity index (χ2n) is 1.62. The van der Waals surface area contributed by atoms with E-state index in [1.165, 1.54) is 0 Å². The summed E-state index contributed by atoms with van der Waals surface area (Å²) in [6.07, 6.45) is 1.81. The largest absolute Gasteiger partial charge is 0.354 e. The van der Waals surface area contributed by atoms with Gasteiger partial charge < -0.3 is 4.98 Å². The Kier molecular flexibility index (Phi) is 1.42. The van der Waals surface area contributed by atoms with Gasteiger partial charge in [-0.2, -0.15) is 0 Å². The van der Waals surface area contributed by atoms with Gasteiger partial charge in [0.05, 0.1) is 5.35 Å². The molecule has 1 nitrogen and oxygen atoms in total. The molecule has 0 aromatic carbocycles. The standard InChI is InChI=1S/C8H7N/c1-3-7-5-6-9-8(7)4-2/h5-6,9H,1-2H2. The molecule has 1 aromatic heterocycles. The fourth-order valence-electron chi connectivity index (χ4n) is 0.663. The lowest BCUT2D eigenvalue weighted by molar-refractivity contribution is 1.32. The fourth-order valence-corrected chi connectivity index (χ4v) is 0.663. The van der Waals surface area contributed by atoms with Crippen LogP contribution in [0.5, 0.6) is 0 Å². The van der Waals surface area contributed by atoms with Crippen molar-refractivity contribution in [3.8, 4) is 0 Å². The SMILES string of the molecule is C=C=c1cc[nH]c1=C=C. The number of H-pyrrole nitrogens is 1. The van der Waals surface area contributed by atoms with Crippen molar-refractivity contribution in [1.82, 2.24) is 4.98 Å². The third kappa shape index (κ3) is 0.872. The Labute approximate surface area is 53.3 Å². The van der Waals surface area contributed by atoms with Crippen LogP contribution < -0.4 is 10.6 Å². The second-order valence-corrected chi connectivity index (χ2v) is 1.62. The van der Waals surface area contributed by atoms with Crippen LogP contribution >= 0.6 is 0 Å². The van der Waals surface area contributed by atoms with E-state index in [1.54, 1.807) is 6.20 Å². The lowest BCUT2D eigenvalue weighted by atomic mass is 10.4. The summed E-state index contributed by atoms with van der Waals surface area (Å²) in [6.45, 7) is 6.99. The first-order chi connectivity index (χ1) is 4.38. The van der Waals surface area contributed by atoms with Crippen LogP contribution in [0.2, 0.25) is 0 Å². The van der Waals surface area contributed by atoms with Gasteiger partial charge in [-0.3, -0.25) is 0 Å². The smallest absolute Gasteiger partial charge is 0.0960 e. The average molecular weight is 117 g/mol.